The van der Waals surface area contributed by atoms with Crippen molar-refractivity contribution < 1.29 is 4.74 Å². The minimum absolute atomic E-state index is 0.417. The summed E-state index contributed by atoms with van der Waals surface area (Å²) >= 11 is 9.38. The van der Waals surface area contributed by atoms with E-state index < -0.39 is 0 Å². The molecule has 0 saturated carbocycles. The van der Waals surface area contributed by atoms with Gasteiger partial charge in [-0.25, -0.2) is 4.98 Å². The third-order valence-electron chi connectivity index (χ3n) is 3.41. The van der Waals surface area contributed by atoms with Gasteiger partial charge in [-0.15, -0.1) is 0 Å². The lowest BCUT2D eigenvalue weighted by molar-refractivity contribution is 0.451. The smallest absolute Gasteiger partial charge is 0.224 e. The molecule has 0 atom stereocenters. The molecule has 1 aliphatic rings. The summed E-state index contributed by atoms with van der Waals surface area (Å²) in [7, 11) is 0. The molecule has 0 bridgehead atoms. The molecule has 1 aliphatic carbocycles. The summed E-state index contributed by atoms with van der Waals surface area (Å²) in [6.45, 7) is 0.417. The largest absolute Gasteiger partial charge is 0.437 e. The van der Waals surface area contributed by atoms with Gasteiger partial charge in [0.05, 0.1) is 4.47 Å². The van der Waals surface area contributed by atoms with Gasteiger partial charge in [-0.3, -0.25) is 0 Å². The molecular weight excluding hydrogens is 340 g/mol. The number of benzene rings is 1. The Morgan fingerprint density at radius 2 is 2.15 bits per heavy atom. The van der Waals surface area contributed by atoms with E-state index in [1.807, 2.05) is 6.07 Å². The predicted molar refractivity (Wildman–Crippen MR) is 83.4 cm³/mol. The van der Waals surface area contributed by atoms with Crippen LogP contribution in [0.25, 0.3) is 0 Å². The van der Waals surface area contributed by atoms with Crippen molar-refractivity contribution in [3.05, 3.63) is 50.6 Å². The summed E-state index contributed by atoms with van der Waals surface area (Å²) in [4.78, 5) is 4.63. The van der Waals surface area contributed by atoms with Crippen molar-refractivity contribution in [2.45, 2.75) is 25.8 Å². The number of ether oxygens (including phenoxy) is 1. The summed E-state index contributed by atoms with van der Waals surface area (Å²) in [5.74, 6) is 1.28. The van der Waals surface area contributed by atoms with Gasteiger partial charge in [-0.1, -0.05) is 11.6 Å². The lowest BCUT2D eigenvalue weighted by Gasteiger charge is -2.12. The first-order valence-corrected chi connectivity index (χ1v) is 7.69. The van der Waals surface area contributed by atoms with Gasteiger partial charge in [0.2, 0.25) is 5.88 Å². The summed E-state index contributed by atoms with van der Waals surface area (Å²) in [5, 5.41) is 0.658. The molecule has 0 unspecified atom stereocenters. The number of nitrogens with two attached hydrogens (primary N) is 1. The number of nitrogens with zero attached hydrogens (tertiary/aromatic N) is 1. The van der Waals surface area contributed by atoms with Crippen LogP contribution in [0.5, 0.6) is 11.6 Å². The molecule has 3 nitrogen and oxygen atoms in total. The Hall–Kier alpha value is -1.10. The van der Waals surface area contributed by atoms with Gasteiger partial charge in [0.25, 0.3) is 0 Å². The Balaban J connectivity index is 1.97. The first kappa shape index (κ1) is 13.9. The predicted octanol–water partition coefficient (Wildman–Crippen LogP) is 4.24. The Labute approximate surface area is 131 Å². The maximum Gasteiger partial charge on any atom is 0.224 e. The van der Waals surface area contributed by atoms with Gasteiger partial charge in [-0.05, 0) is 65.0 Å². The highest BCUT2D eigenvalue weighted by atomic mass is 79.9. The lowest BCUT2D eigenvalue weighted by Crippen LogP contribution is -2.04. The minimum atomic E-state index is 0.417. The fraction of sp³-hybridized carbons (Fsp3) is 0.267. The highest BCUT2D eigenvalue weighted by molar-refractivity contribution is 9.10. The Bertz CT molecular complexity index is 661. The third-order valence-corrected chi connectivity index (χ3v) is 4.27. The number of aromatic nitrogens is 1. The zero-order valence-electron chi connectivity index (χ0n) is 10.8. The molecule has 0 spiro atoms. The van der Waals surface area contributed by atoms with Gasteiger partial charge in [0.1, 0.15) is 5.75 Å². The summed E-state index contributed by atoms with van der Waals surface area (Å²) < 4.78 is 6.72. The van der Waals surface area contributed by atoms with Crippen LogP contribution in [0.2, 0.25) is 5.02 Å². The number of rotatable bonds is 3. The molecular formula is C15H14BrClN2O. The number of hydrogen-bond acceptors (Lipinski definition) is 3. The van der Waals surface area contributed by atoms with Crippen LogP contribution in [0.15, 0.2) is 28.7 Å². The number of aryl methyl sites for hydroxylation is 2. The van der Waals surface area contributed by atoms with Gasteiger partial charge < -0.3 is 10.5 Å². The average molecular weight is 354 g/mol. The summed E-state index contributed by atoms with van der Waals surface area (Å²) in [5.41, 5.74) is 9.17. The molecule has 0 aliphatic heterocycles. The van der Waals surface area contributed by atoms with Crippen LogP contribution < -0.4 is 10.5 Å². The van der Waals surface area contributed by atoms with Crippen LogP contribution in [0.3, 0.4) is 0 Å². The lowest BCUT2D eigenvalue weighted by atomic mass is 10.1. The van der Waals surface area contributed by atoms with Gasteiger partial charge >= 0.3 is 0 Å². The molecule has 0 fully saturated rings. The highest BCUT2D eigenvalue weighted by Gasteiger charge is 2.17. The maximum atomic E-state index is 5.93. The minimum Gasteiger partial charge on any atom is -0.437 e. The quantitative estimate of drug-likeness (QED) is 0.898. The zero-order valence-corrected chi connectivity index (χ0v) is 13.2. The molecule has 0 saturated heterocycles. The standard InChI is InChI=1S/C15H14BrClN2O/c16-12-7-11(17)4-5-14(12)20-15-10(8-18)6-9-2-1-3-13(9)19-15/h4-7H,1-3,8,18H2. The van der Waals surface area contributed by atoms with E-state index in [9.17, 15) is 0 Å². The van der Waals surface area contributed by atoms with Crippen LogP contribution in [-0.4, -0.2) is 4.98 Å². The molecule has 0 amide bonds. The Morgan fingerprint density at radius 3 is 2.90 bits per heavy atom. The SMILES string of the molecule is NCc1cc2c(nc1Oc1ccc(Cl)cc1Br)CCC2. The van der Waals surface area contributed by atoms with Crippen LogP contribution in [-0.2, 0) is 19.4 Å². The van der Waals surface area contributed by atoms with Crippen LogP contribution in [0, 0.1) is 0 Å². The molecule has 0 radical (unpaired) electrons. The second-order valence-electron chi connectivity index (χ2n) is 4.79. The van der Waals surface area contributed by atoms with E-state index in [2.05, 4.69) is 27.0 Å². The molecule has 3 rings (SSSR count). The van der Waals surface area contributed by atoms with Gasteiger partial charge in [0.15, 0.2) is 0 Å². The van der Waals surface area contributed by atoms with Crippen LogP contribution in [0.1, 0.15) is 23.2 Å². The fourth-order valence-corrected chi connectivity index (χ4v) is 3.16. The zero-order chi connectivity index (χ0) is 14.1. The van der Waals surface area contributed by atoms with E-state index in [1.54, 1.807) is 12.1 Å². The molecule has 1 heterocycles. The highest BCUT2D eigenvalue weighted by Crippen LogP contribution is 2.34. The third kappa shape index (κ3) is 2.68. The van der Waals surface area contributed by atoms with E-state index in [0.29, 0.717) is 23.2 Å². The van der Waals surface area contributed by atoms with E-state index >= 15 is 0 Å². The molecule has 2 N–H and O–H groups in total. The van der Waals surface area contributed by atoms with Gasteiger partial charge in [-0.2, -0.15) is 0 Å². The van der Waals surface area contributed by atoms with Crippen LogP contribution >= 0.6 is 27.5 Å². The molecule has 20 heavy (non-hydrogen) atoms. The normalized spacial score (nSPS) is 13.3. The van der Waals surface area contributed by atoms with Crippen molar-refractivity contribution in [3.63, 3.8) is 0 Å². The second-order valence-corrected chi connectivity index (χ2v) is 6.08. The molecule has 1 aromatic carbocycles. The average Bonchev–Trinajstić information content (AvgIpc) is 2.88. The van der Waals surface area contributed by atoms with Crippen molar-refractivity contribution in [1.29, 1.82) is 0 Å². The summed E-state index contributed by atoms with van der Waals surface area (Å²) in [6.07, 6.45) is 3.25. The molecule has 5 heteroatoms. The first-order valence-electron chi connectivity index (χ1n) is 6.52. The van der Waals surface area contributed by atoms with Gasteiger partial charge in [0, 0.05) is 22.8 Å². The van der Waals surface area contributed by atoms with E-state index in [1.165, 1.54) is 5.56 Å². The topological polar surface area (TPSA) is 48.1 Å². The first-order chi connectivity index (χ1) is 9.67. The molecule has 1 aromatic heterocycles. The maximum absolute atomic E-state index is 5.93. The number of halogens is 2. The number of fused-ring (bicyclic) bond motifs is 1. The fourth-order valence-electron chi connectivity index (χ4n) is 2.40. The van der Waals surface area contributed by atoms with Crippen molar-refractivity contribution in [3.8, 4) is 11.6 Å². The van der Waals surface area contributed by atoms with Crippen molar-refractivity contribution in [2.24, 2.45) is 5.73 Å². The van der Waals surface area contributed by atoms with Crippen LogP contribution in [0.4, 0.5) is 0 Å². The monoisotopic (exact) mass is 352 g/mol. The van der Waals surface area contributed by atoms with Crippen molar-refractivity contribution >= 4 is 27.5 Å². The van der Waals surface area contributed by atoms with E-state index in [-0.39, 0.29) is 0 Å². The molecule has 2 aromatic rings. The van der Waals surface area contributed by atoms with E-state index in [0.717, 1.165) is 35.0 Å². The number of hydrogen-bond donors (Lipinski definition) is 1. The van der Waals surface area contributed by atoms with E-state index in [4.69, 9.17) is 22.1 Å². The Kier molecular flexibility index (Phi) is 3.96. The molecule has 104 valence electrons. The number of pyridine rings is 1. The van der Waals surface area contributed by atoms with Crippen molar-refractivity contribution in [1.82, 2.24) is 4.98 Å². The second kappa shape index (κ2) is 5.72. The van der Waals surface area contributed by atoms with Crippen molar-refractivity contribution in [2.75, 3.05) is 0 Å². The summed E-state index contributed by atoms with van der Waals surface area (Å²) in [6, 6.07) is 7.53. The Morgan fingerprint density at radius 1 is 1.30 bits per heavy atom.